The van der Waals surface area contributed by atoms with Crippen LogP contribution in [0.4, 0.5) is 11.6 Å². The predicted octanol–water partition coefficient (Wildman–Crippen LogP) is 4.01. The lowest BCUT2D eigenvalue weighted by Gasteiger charge is -2.36. The zero-order chi connectivity index (χ0) is 20.3. The summed E-state index contributed by atoms with van der Waals surface area (Å²) in [4.78, 5) is 16.8. The van der Waals surface area contributed by atoms with Gasteiger partial charge in [0.1, 0.15) is 0 Å². The third-order valence-corrected chi connectivity index (χ3v) is 6.21. The van der Waals surface area contributed by atoms with E-state index in [1.54, 1.807) is 0 Å². The molecule has 2 aromatic carbocycles. The molecule has 1 saturated heterocycles. The molecule has 0 N–H and O–H groups in total. The van der Waals surface area contributed by atoms with Gasteiger partial charge in [-0.3, -0.25) is 4.90 Å². The molecule has 0 bridgehead atoms. The molecular formula is C24H26ClN5. The average molecular weight is 420 g/mol. The molecule has 0 atom stereocenters. The van der Waals surface area contributed by atoms with Crippen molar-refractivity contribution in [2.75, 3.05) is 42.5 Å². The molecule has 0 radical (unpaired) electrons. The van der Waals surface area contributed by atoms with E-state index in [1.807, 2.05) is 24.4 Å². The molecule has 5 rings (SSSR count). The van der Waals surface area contributed by atoms with Crippen molar-refractivity contribution in [2.24, 2.45) is 0 Å². The number of hydrogen-bond acceptors (Lipinski definition) is 5. The molecule has 5 nitrogen and oxygen atoms in total. The Hall–Kier alpha value is -2.63. The standard InChI is InChI=1S/C24H26ClN5/c25-21-6-4-5-19(15-21)17-28-10-9-23-20(18-28)16-26-24(27-23)30-13-11-29(12-14-30)22-7-2-1-3-8-22/h1-8,15-16H,9-14,17-18H2. The van der Waals surface area contributed by atoms with Crippen LogP contribution in [0.25, 0.3) is 0 Å². The summed E-state index contributed by atoms with van der Waals surface area (Å²) in [7, 11) is 0. The maximum Gasteiger partial charge on any atom is 0.225 e. The minimum Gasteiger partial charge on any atom is -0.368 e. The summed E-state index contributed by atoms with van der Waals surface area (Å²) in [5, 5.41) is 0.797. The fourth-order valence-electron chi connectivity index (χ4n) is 4.35. The van der Waals surface area contributed by atoms with E-state index < -0.39 is 0 Å². The van der Waals surface area contributed by atoms with Gasteiger partial charge in [-0.15, -0.1) is 0 Å². The number of halogens is 1. The van der Waals surface area contributed by atoms with Gasteiger partial charge in [0.05, 0.1) is 5.69 Å². The van der Waals surface area contributed by atoms with Crippen molar-refractivity contribution in [3.63, 3.8) is 0 Å². The van der Waals surface area contributed by atoms with Crippen molar-refractivity contribution in [1.29, 1.82) is 0 Å². The van der Waals surface area contributed by atoms with E-state index in [1.165, 1.54) is 22.5 Å². The first-order chi connectivity index (χ1) is 14.7. The van der Waals surface area contributed by atoms with Gasteiger partial charge in [-0.2, -0.15) is 0 Å². The zero-order valence-corrected chi connectivity index (χ0v) is 17.8. The third kappa shape index (κ3) is 4.27. The fraction of sp³-hybridized carbons (Fsp3) is 0.333. The van der Waals surface area contributed by atoms with E-state index in [2.05, 4.69) is 51.1 Å². The lowest BCUT2D eigenvalue weighted by atomic mass is 10.1. The number of rotatable bonds is 4. The SMILES string of the molecule is Clc1cccc(CN2CCc3nc(N4CCN(c5ccccc5)CC4)ncc3C2)c1. The normalized spacial score (nSPS) is 17.1. The number of aromatic nitrogens is 2. The monoisotopic (exact) mass is 419 g/mol. The van der Waals surface area contributed by atoms with E-state index in [9.17, 15) is 0 Å². The second-order valence-corrected chi connectivity index (χ2v) is 8.48. The molecule has 0 unspecified atom stereocenters. The van der Waals surface area contributed by atoms with Crippen LogP contribution in [0.3, 0.4) is 0 Å². The van der Waals surface area contributed by atoms with E-state index in [-0.39, 0.29) is 0 Å². The number of hydrogen-bond donors (Lipinski definition) is 0. The number of nitrogens with zero attached hydrogens (tertiary/aromatic N) is 5. The van der Waals surface area contributed by atoms with Crippen molar-refractivity contribution in [3.8, 4) is 0 Å². The molecule has 6 heteroatoms. The van der Waals surface area contributed by atoms with Crippen molar-refractivity contribution in [3.05, 3.63) is 82.6 Å². The van der Waals surface area contributed by atoms with Crippen molar-refractivity contribution < 1.29 is 0 Å². The van der Waals surface area contributed by atoms with Crippen LogP contribution in [0.1, 0.15) is 16.8 Å². The minimum absolute atomic E-state index is 0.797. The number of benzene rings is 2. The van der Waals surface area contributed by atoms with Gasteiger partial charge >= 0.3 is 0 Å². The molecule has 0 spiro atoms. The molecule has 3 aromatic rings. The summed E-state index contributed by atoms with van der Waals surface area (Å²) in [6.45, 7) is 6.71. The van der Waals surface area contributed by atoms with Crippen LogP contribution in [0.15, 0.2) is 60.8 Å². The van der Waals surface area contributed by atoms with Crippen LogP contribution in [-0.4, -0.2) is 47.6 Å². The molecule has 30 heavy (non-hydrogen) atoms. The first kappa shape index (κ1) is 19.3. The molecule has 1 fully saturated rings. The Balaban J connectivity index is 1.22. The van der Waals surface area contributed by atoms with E-state index in [0.29, 0.717) is 0 Å². The highest BCUT2D eigenvalue weighted by Gasteiger charge is 2.23. The molecule has 0 aliphatic carbocycles. The minimum atomic E-state index is 0.797. The topological polar surface area (TPSA) is 35.5 Å². The summed E-state index contributed by atoms with van der Waals surface area (Å²) in [5.74, 6) is 0.879. The van der Waals surface area contributed by atoms with Gasteiger partial charge in [0, 0.05) is 74.7 Å². The summed E-state index contributed by atoms with van der Waals surface area (Å²) in [6.07, 6.45) is 3.00. The summed E-state index contributed by atoms with van der Waals surface area (Å²) in [5.41, 5.74) is 4.99. The van der Waals surface area contributed by atoms with Crippen LogP contribution < -0.4 is 9.80 Å². The Morgan fingerprint density at radius 3 is 2.47 bits per heavy atom. The molecular weight excluding hydrogens is 394 g/mol. The first-order valence-corrected chi connectivity index (χ1v) is 11.0. The Bertz CT molecular complexity index is 1000. The predicted molar refractivity (Wildman–Crippen MR) is 122 cm³/mol. The molecule has 0 amide bonds. The Labute approximate surface area is 182 Å². The van der Waals surface area contributed by atoms with Crippen LogP contribution in [0.5, 0.6) is 0 Å². The first-order valence-electron chi connectivity index (χ1n) is 10.6. The van der Waals surface area contributed by atoms with Gasteiger partial charge < -0.3 is 9.80 Å². The van der Waals surface area contributed by atoms with Crippen molar-refractivity contribution in [1.82, 2.24) is 14.9 Å². The smallest absolute Gasteiger partial charge is 0.225 e. The highest BCUT2D eigenvalue weighted by atomic mass is 35.5. The van der Waals surface area contributed by atoms with E-state index in [0.717, 1.165) is 63.2 Å². The summed E-state index contributed by atoms with van der Waals surface area (Å²) >= 11 is 6.13. The average Bonchev–Trinajstić information content (AvgIpc) is 2.79. The van der Waals surface area contributed by atoms with Crippen LogP contribution in [0, 0.1) is 0 Å². The van der Waals surface area contributed by atoms with Gasteiger partial charge in [0.2, 0.25) is 5.95 Å². The van der Waals surface area contributed by atoms with Crippen LogP contribution >= 0.6 is 11.6 Å². The molecule has 0 saturated carbocycles. The van der Waals surface area contributed by atoms with Gasteiger partial charge in [0.15, 0.2) is 0 Å². The zero-order valence-electron chi connectivity index (χ0n) is 17.0. The van der Waals surface area contributed by atoms with E-state index in [4.69, 9.17) is 21.6 Å². The fourth-order valence-corrected chi connectivity index (χ4v) is 4.56. The maximum atomic E-state index is 6.13. The number of piperazine rings is 1. The molecule has 1 aromatic heterocycles. The maximum absolute atomic E-state index is 6.13. The highest BCUT2D eigenvalue weighted by Crippen LogP contribution is 2.23. The lowest BCUT2D eigenvalue weighted by Crippen LogP contribution is -2.47. The van der Waals surface area contributed by atoms with Gasteiger partial charge in [-0.25, -0.2) is 9.97 Å². The van der Waals surface area contributed by atoms with Gasteiger partial charge in [0.25, 0.3) is 0 Å². The second-order valence-electron chi connectivity index (χ2n) is 8.04. The van der Waals surface area contributed by atoms with Crippen LogP contribution in [-0.2, 0) is 19.5 Å². The number of para-hydroxylation sites is 1. The number of anilines is 2. The molecule has 2 aliphatic heterocycles. The summed E-state index contributed by atoms with van der Waals surface area (Å²) < 4.78 is 0. The summed E-state index contributed by atoms with van der Waals surface area (Å²) in [6, 6.07) is 18.8. The molecule has 3 heterocycles. The Kier molecular flexibility index (Phi) is 5.56. The highest BCUT2D eigenvalue weighted by molar-refractivity contribution is 6.30. The van der Waals surface area contributed by atoms with Crippen molar-refractivity contribution >= 4 is 23.2 Å². The Morgan fingerprint density at radius 1 is 0.867 bits per heavy atom. The molecule has 2 aliphatic rings. The quantitative estimate of drug-likeness (QED) is 0.638. The molecule has 154 valence electrons. The Morgan fingerprint density at radius 2 is 1.67 bits per heavy atom. The number of fused-ring (bicyclic) bond motifs is 1. The largest absolute Gasteiger partial charge is 0.368 e. The van der Waals surface area contributed by atoms with Gasteiger partial charge in [-0.05, 0) is 29.8 Å². The van der Waals surface area contributed by atoms with Crippen LogP contribution in [0.2, 0.25) is 5.02 Å². The van der Waals surface area contributed by atoms with E-state index >= 15 is 0 Å². The van der Waals surface area contributed by atoms with Gasteiger partial charge in [-0.1, -0.05) is 41.9 Å². The second kappa shape index (κ2) is 8.62. The third-order valence-electron chi connectivity index (χ3n) is 5.98. The lowest BCUT2D eigenvalue weighted by molar-refractivity contribution is 0.243. The van der Waals surface area contributed by atoms with Crippen molar-refractivity contribution in [2.45, 2.75) is 19.5 Å².